The molecule has 0 fully saturated rings. The van der Waals surface area contributed by atoms with Gasteiger partial charge in [-0.15, -0.1) is 5.10 Å². The van der Waals surface area contributed by atoms with Gasteiger partial charge in [-0.1, -0.05) is 30.3 Å². The van der Waals surface area contributed by atoms with E-state index < -0.39 is 23.6 Å². The molecule has 0 aliphatic heterocycles. The average Bonchev–Trinajstić information content (AvgIpc) is 3.21. The lowest BCUT2D eigenvalue weighted by molar-refractivity contribution is -0.126. The fourth-order valence-electron chi connectivity index (χ4n) is 2.49. The number of carbonyl (C=O) groups is 2. The van der Waals surface area contributed by atoms with E-state index in [4.69, 9.17) is 19.8 Å². The molecule has 32 heavy (non-hydrogen) atoms. The van der Waals surface area contributed by atoms with Gasteiger partial charge in [0.15, 0.2) is 5.82 Å². The number of carbonyl (C=O) groups excluding carboxylic acids is 2. The molecule has 2 rings (SSSR count). The van der Waals surface area contributed by atoms with Crippen LogP contribution in [0, 0.1) is 0 Å². The molecule has 1 heterocycles. The van der Waals surface area contributed by atoms with Crippen molar-refractivity contribution in [2.45, 2.75) is 38.6 Å². The molecule has 0 saturated carbocycles. The molecule has 1 aromatic heterocycles. The van der Waals surface area contributed by atoms with Gasteiger partial charge >= 0.3 is 6.09 Å². The Morgan fingerprint density at radius 1 is 1.31 bits per heavy atom. The van der Waals surface area contributed by atoms with Crippen LogP contribution in [0.4, 0.5) is 4.79 Å². The number of hydrogen-bond acceptors (Lipinski definition) is 10. The van der Waals surface area contributed by atoms with Gasteiger partial charge in [0.25, 0.3) is 0 Å². The molecular formula is C19H29N7O5S. The third-order valence-corrected chi connectivity index (χ3v) is 4.54. The summed E-state index contributed by atoms with van der Waals surface area (Å²) < 4.78 is 20.9. The average molecular weight is 468 g/mol. The van der Waals surface area contributed by atoms with E-state index >= 15 is 0 Å². The number of hydrogen-bond donors (Lipinski definition) is 4. The second-order valence-corrected chi connectivity index (χ2v) is 8.07. The Labute approximate surface area is 190 Å². The molecule has 1 aromatic carbocycles. The maximum Gasteiger partial charge on any atom is 0.407 e. The smallest absolute Gasteiger partial charge is 0.407 e. The highest BCUT2D eigenvalue weighted by molar-refractivity contribution is 7.93. The first-order valence-electron chi connectivity index (χ1n) is 9.96. The minimum absolute atomic E-state index is 0.00403. The second kappa shape index (κ2) is 13.0. The molecule has 1 atom stereocenters. The van der Waals surface area contributed by atoms with Crippen molar-refractivity contribution in [3.8, 4) is 0 Å². The Balaban J connectivity index is 1.99. The lowest BCUT2D eigenvalue weighted by Crippen LogP contribution is -2.51. The number of nitrogens with two attached hydrogens (primary N) is 1. The summed E-state index contributed by atoms with van der Waals surface area (Å²) >= 11 is 0.626. The minimum Gasteiger partial charge on any atom is -0.448 e. The Morgan fingerprint density at radius 2 is 2.06 bits per heavy atom. The SMILES string of the molecule is CC(C)(N)C(=O)N[C@H](COCc1ccccc1)c1nnnn1CCOC(=O)NCCSO. The van der Waals surface area contributed by atoms with Crippen LogP contribution < -0.4 is 16.4 Å². The van der Waals surface area contributed by atoms with Crippen molar-refractivity contribution in [2.24, 2.45) is 5.73 Å². The van der Waals surface area contributed by atoms with Gasteiger partial charge in [0.1, 0.15) is 12.6 Å². The minimum atomic E-state index is -1.11. The van der Waals surface area contributed by atoms with Crippen molar-refractivity contribution in [3.63, 3.8) is 0 Å². The van der Waals surface area contributed by atoms with Crippen molar-refractivity contribution in [1.29, 1.82) is 0 Å². The number of amides is 2. The van der Waals surface area contributed by atoms with E-state index in [0.717, 1.165) is 5.56 Å². The summed E-state index contributed by atoms with van der Waals surface area (Å²) in [6.45, 7) is 4.08. The van der Waals surface area contributed by atoms with Crippen molar-refractivity contribution in [2.75, 3.05) is 25.5 Å². The van der Waals surface area contributed by atoms with Crippen LogP contribution in [0.1, 0.15) is 31.3 Å². The Bertz CT molecular complexity index is 844. The standard InChI is InChI=1S/C19H29N7O5S/c1-19(2,20)17(27)22-15(13-30-12-14-6-4-3-5-7-14)16-23-24-25-26(16)9-10-31-18(28)21-8-11-32-29/h3-7,15,29H,8-13,20H2,1-2H3,(H,21,28)(H,22,27)/t15-/m1/s1. The molecule has 0 saturated heterocycles. The van der Waals surface area contributed by atoms with Crippen LogP contribution in [0.25, 0.3) is 0 Å². The Kier molecular flexibility index (Phi) is 10.3. The summed E-state index contributed by atoms with van der Waals surface area (Å²) in [6, 6.07) is 8.93. The van der Waals surface area contributed by atoms with Gasteiger partial charge in [-0.05, 0) is 41.9 Å². The van der Waals surface area contributed by atoms with Gasteiger partial charge in [0.05, 0.1) is 25.3 Å². The first-order chi connectivity index (χ1) is 15.3. The molecule has 0 aliphatic carbocycles. The van der Waals surface area contributed by atoms with Crippen LogP contribution >= 0.6 is 12.0 Å². The lowest BCUT2D eigenvalue weighted by atomic mass is 10.1. The number of ether oxygens (including phenoxy) is 2. The third kappa shape index (κ3) is 8.78. The zero-order valence-electron chi connectivity index (χ0n) is 18.1. The number of nitrogens with one attached hydrogen (secondary N) is 2. The molecule has 0 aliphatic rings. The number of rotatable bonds is 13. The van der Waals surface area contributed by atoms with Gasteiger partial charge < -0.3 is 30.4 Å². The molecular weight excluding hydrogens is 438 g/mol. The molecule has 2 aromatic rings. The zero-order chi connectivity index (χ0) is 23.4. The quantitative estimate of drug-likeness (QED) is 0.243. The van der Waals surface area contributed by atoms with Gasteiger partial charge in [-0.3, -0.25) is 4.79 Å². The predicted molar refractivity (Wildman–Crippen MR) is 118 cm³/mol. The van der Waals surface area contributed by atoms with Gasteiger partial charge in [0, 0.05) is 12.3 Å². The molecule has 13 heteroatoms. The fourth-order valence-corrected chi connectivity index (χ4v) is 2.68. The highest BCUT2D eigenvalue weighted by Crippen LogP contribution is 2.13. The van der Waals surface area contributed by atoms with E-state index in [2.05, 4.69) is 26.2 Å². The van der Waals surface area contributed by atoms with E-state index in [1.54, 1.807) is 13.8 Å². The molecule has 2 amide bonds. The van der Waals surface area contributed by atoms with Crippen molar-refractivity contribution in [3.05, 3.63) is 41.7 Å². The number of nitrogens with zero attached hydrogens (tertiary/aromatic N) is 4. The Hall–Kier alpha value is -2.74. The van der Waals surface area contributed by atoms with Crippen molar-refractivity contribution in [1.82, 2.24) is 30.8 Å². The summed E-state index contributed by atoms with van der Waals surface area (Å²) in [7, 11) is 0. The Morgan fingerprint density at radius 3 is 2.75 bits per heavy atom. The molecule has 0 unspecified atom stereocenters. The highest BCUT2D eigenvalue weighted by Gasteiger charge is 2.28. The van der Waals surface area contributed by atoms with Crippen LogP contribution in [-0.2, 0) is 27.4 Å². The largest absolute Gasteiger partial charge is 0.448 e. The molecule has 0 spiro atoms. The van der Waals surface area contributed by atoms with E-state index in [1.807, 2.05) is 30.3 Å². The maximum absolute atomic E-state index is 12.5. The van der Waals surface area contributed by atoms with E-state index in [-0.39, 0.29) is 26.3 Å². The number of tetrazole rings is 1. The monoisotopic (exact) mass is 467 g/mol. The van der Waals surface area contributed by atoms with Crippen molar-refractivity contribution >= 4 is 24.0 Å². The van der Waals surface area contributed by atoms with E-state index in [0.29, 0.717) is 30.2 Å². The molecule has 0 radical (unpaired) electrons. The van der Waals surface area contributed by atoms with Crippen LogP contribution in [0.2, 0.25) is 0 Å². The number of alkyl carbamates (subject to hydrolysis) is 1. The van der Waals surface area contributed by atoms with Gasteiger partial charge in [-0.2, -0.15) is 0 Å². The third-order valence-electron chi connectivity index (χ3n) is 4.16. The molecule has 0 bridgehead atoms. The van der Waals surface area contributed by atoms with Crippen LogP contribution in [-0.4, -0.2) is 67.8 Å². The fraction of sp³-hybridized carbons (Fsp3) is 0.526. The normalized spacial score (nSPS) is 12.2. The maximum atomic E-state index is 12.5. The molecule has 5 N–H and O–H groups in total. The van der Waals surface area contributed by atoms with E-state index in [9.17, 15) is 9.59 Å². The predicted octanol–water partition coefficient (Wildman–Crippen LogP) is 0.717. The highest BCUT2D eigenvalue weighted by atomic mass is 32.2. The summed E-state index contributed by atoms with van der Waals surface area (Å²) in [5.41, 5.74) is 5.78. The number of aromatic nitrogens is 4. The van der Waals surface area contributed by atoms with E-state index in [1.165, 1.54) is 4.68 Å². The first kappa shape index (κ1) is 25.5. The number of benzene rings is 1. The second-order valence-electron chi connectivity index (χ2n) is 7.40. The summed E-state index contributed by atoms with van der Waals surface area (Å²) in [5.74, 6) is 0.308. The summed E-state index contributed by atoms with van der Waals surface area (Å²) in [6.07, 6.45) is -0.616. The topological polar surface area (TPSA) is 167 Å². The van der Waals surface area contributed by atoms with Crippen LogP contribution in [0.3, 0.4) is 0 Å². The lowest BCUT2D eigenvalue weighted by Gasteiger charge is -2.23. The first-order valence-corrected chi connectivity index (χ1v) is 10.9. The van der Waals surface area contributed by atoms with Gasteiger partial charge in [0.2, 0.25) is 5.91 Å². The zero-order valence-corrected chi connectivity index (χ0v) is 18.9. The van der Waals surface area contributed by atoms with Crippen LogP contribution in [0.5, 0.6) is 0 Å². The molecule has 12 nitrogen and oxygen atoms in total. The van der Waals surface area contributed by atoms with Gasteiger partial charge in [-0.25, -0.2) is 9.48 Å². The van der Waals surface area contributed by atoms with Crippen LogP contribution in [0.15, 0.2) is 30.3 Å². The summed E-state index contributed by atoms with van der Waals surface area (Å²) in [5, 5.41) is 16.9. The summed E-state index contributed by atoms with van der Waals surface area (Å²) in [4.78, 5) is 24.1. The van der Waals surface area contributed by atoms with Crippen molar-refractivity contribution < 1.29 is 23.6 Å². The molecule has 176 valence electrons.